The van der Waals surface area contributed by atoms with Crippen molar-refractivity contribution in [2.75, 3.05) is 11.5 Å². The molecule has 1 N–H and O–H groups in total. The highest BCUT2D eigenvalue weighted by atomic mass is 35.5. The Kier molecular flexibility index (Phi) is 6.05. The van der Waals surface area contributed by atoms with E-state index in [2.05, 4.69) is 0 Å². The quantitative estimate of drug-likeness (QED) is 0.384. The van der Waals surface area contributed by atoms with Crippen LogP contribution in [0.5, 0.6) is 5.75 Å². The molecule has 34 heavy (non-hydrogen) atoms. The minimum atomic E-state index is -4.73. The van der Waals surface area contributed by atoms with Crippen molar-refractivity contribution in [3.05, 3.63) is 76.3 Å². The minimum absolute atomic E-state index is 0.267. The molecule has 174 valence electrons. The molecule has 3 aromatic carbocycles. The molecule has 0 aromatic heterocycles. The normalized spacial score (nSPS) is 15.7. The topological polar surface area (TPSA) is 75.7 Å². The molecule has 4 rings (SSSR count). The molecule has 6 nitrogen and oxygen atoms in total. The SMILES string of the molecule is CCOc1ccc(/C=C2\C(=O)NC(=O)N(c3cc(C(F)(F)F)ccc3Cl)C2=O)c2ccccc12. The molecule has 10 heteroatoms. The van der Waals surface area contributed by atoms with Crippen molar-refractivity contribution in [3.63, 3.8) is 0 Å². The molecule has 0 spiro atoms. The van der Waals surface area contributed by atoms with Gasteiger partial charge in [0.15, 0.2) is 0 Å². The third-order valence-corrected chi connectivity index (χ3v) is 5.45. The average Bonchev–Trinajstić information content (AvgIpc) is 2.78. The fraction of sp³-hybridized carbons (Fsp3) is 0.125. The second-order valence-corrected chi connectivity index (χ2v) is 7.66. The monoisotopic (exact) mass is 488 g/mol. The Morgan fingerprint density at radius 2 is 1.74 bits per heavy atom. The van der Waals surface area contributed by atoms with E-state index in [-0.39, 0.29) is 5.02 Å². The smallest absolute Gasteiger partial charge is 0.416 e. The van der Waals surface area contributed by atoms with Crippen LogP contribution in [0.25, 0.3) is 16.8 Å². The van der Waals surface area contributed by atoms with Crippen LogP contribution >= 0.6 is 11.6 Å². The maximum Gasteiger partial charge on any atom is 0.416 e. The van der Waals surface area contributed by atoms with Gasteiger partial charge in [-0.25, -0.2) is 9.69 Å². The van der Waals surface area contributed by atoms with E-state index in [4.69, 9.17) is 16.3 Å². The van der Waals surface area contributed by atoms with Crippen LogP contribution < -0.4 is 15.0 Å². The zero-order chi connectivity index (χ0) is 24.6. The summed E-state index contributed by atoms with van der Waals surface area (Å²) in [5.41, 5.74) is -1.56. The van der Waals surface area contributed by atoms with Crippen molar-refractivity contribution in [1.29, 1.82) is 0 Å². The molecule has 4 amide bonds. The van der Waals surface area contributed by atoms with Gasteiger partial charge in [-0.1, -0.05) is 41.9 Å². The Balaban J connectivity index is 1.83. The van der Waals surface area contributed by atoms with Crippen molar-refractivity contribution in [2.45, 2.75) is 13.1 Å². The second kappa shape index (κ2) is 8.83. The third kappa shape index (κ3) is 4.22. The van der Waals surface area contributed by atoms with Crippen LogP contribution in [-0.2, 0) is 15.8 Å². The Hall–Kier alpha value is -3.85. The Labute approximate surface area is 196 Å². The van der Waals surface area contributed by atoms with Crippen LogP contribution in [-0.4, -0.2) is 24.5 Å². The molecule has 1 saturated heterocycles. The Bertz CT molecular complexity index is 1370. The van der Waals surface area contributed by atoms with Gasteiger partial charge in [0.25, 0.3) is 11.8 Å². The van der Waals surface area contributed by atoms with E-state index in [1.54, 1.807) is 30.3 Å². The van der Waals surface area contributed by atoms with Gasteiger partial charge >= 0.3 is 12.2 Å². The van der Waals surface area contributed by atoms with Crippen LogP contribution in [0.1, 0.15) is 18.1 Å². The average molecular weight is 489 g/mol. The van der Waals surface area contributed by atoms with Gasteiger partial charge in [0.05, 0.1) is 22.9 Å². The highest BCUT2D eigenvalue weighted by Crippen LogP contribution is 2.37. The number of amides is 4. The molecule has 0 atom stereocenters. The highest BCUT2D eigenvalue weighted by molar-refractivity contribution is 6.42. The summed E-state index contributed by atoms with van der Waals surface area (Å²) in [5.74, 6) is -1.48. The van der Waals surface area contributed by atoms with E-state index in [9.17, 15) is 27.6 Å². The van der Waals surface area contributed by atoms with Crippen molar-refractivity contribution in [1.82, 2.24) is 5.32 Å². The van der Waals surface area contributed by atoms with E-state index in [1.807, 2.05) is 18.3 Å². The number of urea groups is 1. The van der Waals surface area contributed by atoms with Gasteiger partial charge in [-0.3, -0.25) is 14.9 Å². The third-order valence-electron chi connectivity index (χ3n) is 5.13. The molecule has 1 heterocycles. The first-order valence-corrected chi connectivity index (χ1v) is 10.4. The molecule has 1 fully saturated rings. The van der Waals surface area contributed by atoms with Gasteiger partial charge in [0.1, 0.15) is 11.3 Å². The van der Waals surface area contributed by atoms with Gasteiger partial charge < -0.3 is 4.74 Å². The van der Waals surface area contributed by atoms with Gasteiger partial charge in [0, 0.05) is 5.39 Å². The summed E-state index contributed by atoms with van der Waals surface area (Å²) >= 11 is 6.02. The number of hydrogen-bond donors (Lipinski definition) is 1. The second-order valence-electron chi connectivity index (χ2n) is 7.25. The van der Waals surface area contributed by atoms with Crippen molar-refractivity contribution in [3.8, 4) is 5.75 Å². The van der Waals surface area contributed by atoms with Crippen LogP contribution in [0.2, 0.25) is 5.02 Å². The van der Waals surface area contributed by atoms with Gasteiger partial charge in [-0.2, -0.15) is 13.2 Å². The molecule has 0 aliphatic carbocycles. The van der Waals surface area contributed by atoms with E-state index < -0.39 is 40.8 Å². The predicted molar refractivity (Wildman–Crippen MR) is 121 cm³/mol. The van der Waals surface area contributed by atoms with E-state index >= 15 is 0 Å². The molecular formula is C24H16ClF3N2O4. The summed E-state index contributed by atoms with van der Waals surface area (Å²) in [6.45, 7) is 2.26. The van der Waals surface area contributed by atoms with Gasteiger partial charge in [0.2, 0.25) is 0 Å². The number of rotatable bonds is 4. The molecule has 3 aromatic rings. The van der Waals surface area contributed by atoms with E-state index in [1.165, 1.54) is 6.08 Å². The summed E-state index contributed by atoms with van der Waals surface area (Å²) in [4.78, 5) is 38.6. The number of barbiturate groups is 1. The number of anilines is 1. The van der Waals surface area contributed by atoms with Crippen LogP contribution in [0, 0.1) is 0 Å². The lowest BCUT2D eigenvalue weighted by molar-refractivity contribution is -0.137. The zero-order valence-corrected chi connectivity index (χ0v) is 18.3. The van der Waals surface area contributed by atoms with Gasteiger partial charge in [-0.05, 0) is 48.2 Å². The largest absolute Gasteiger partial charge is 0.493 e. The number of nitrogens with one attached hydrogen (secondary N) is 1. The van der Waals surface area contributed by atoms with E-state index in [0.717, 1.165) is 17.5 Å². The highest BCUT2D eigenvalue weighted by Gasteiger charge is 2.39. The maximum absolute atomic E-state index is 13.2. The molecule has 1 aliphatic rings. The lowest BCUT2D eigenvalue weighted by atomic mass is 10.00. The lowest BCUT2D eigenvalue weighted by Gasteiger charge is -2.27. The Morgan fingerprint density at radius 3 is 2.41 bits per heavy atom. The summed E-state index contributed by atoms with van der Waals surface area (Å²) in [6, 6.07) is 11.5. The number of imide groups is 2. The fourth-order valence-corrected chi connectivity index (χ4v) is 3.80. The number of ether oxygens (including phenoxy) is 1. The molecule has 0 saturated carbocycles. The first-order valence-electron chi connectivity index (χ1n) is 10.0. The van der Waals surface area contributed by atoms with Crippen LogP contribution in [0.3, 0.4) is 0 Å². The van der Waals surface area contributed by atoms with Crippen LogP contribution in [0.4, 0.5) is 23.7 Å². The van der Waals surface area contributed by atoms with Crippen molar-refractivity contribution in [2.24, 2.45) is 0 Å². The lowest BCUT2D eigenvalue weighted by Crippen LogP contribution is -2.54. The number of hydrogen-bond acceptors (Lipinski definition) is 4. The number of carbonyl (C=O) groups excluding carboxylic acids is 3. The standard InChI is InChI=1S/C24H16ClF3N2O4/c1-2-34-20-10-7-13(15-5-3-4-6-16(15)20)11-17-21(31)29-23(33)30(22(17)32)19-12-14(24(26,27)28)8-9-18(19)25/h3-12H,2H2,1H3,(H,29,31,33)/b17-11+. The number of fused-ring (bicyclic) bond motifs is 1. The number of nitrogens with zero attached hydrogens (tertiary/aromatic N) is 1. The summed E-state index contributed by atoms with van der Waals surface area (Å²) in [7, 11) is 0. The first-order chi connectivity index (χ1) is 16.1. The predicted octanol–water partition coefficient (Wildman–Crippen LogP) is 5.58. The van der Waals surface area contributed by atoms with Gasteiger partial charge in [-0.15, -0.1) is 0 Å². The number of benzene rings is 3. The van der Waals surface area contributed by atoms with Crippen molar-refractivity contribution >= 4 is 52.0 Å². The number of halogens is 4. The fourth-order valence-electron chi connectivity index (χ4n) is 3.59. The minimum Gasteiger partial charge on any atom is -0.493 e. The molecule has 1 aliphatic heterocycles. The molecule has 0 bridgehead atoms. The van der Waals surface area contributed by atoms with Crippen LogP contribution in [0.15, 0.2) is 60.2 Å². The maximum atomic E-state index is 13.2. The molecular weight excluding hydrogens is 473 g/mol. The zero-order valence-electron chi connectivity index (χ0n) is 17.6. The summed E-state index contributed by atoms with van der Waals surface area (Å²) < 4.78 is 45.2. The number of alkyl halides is 3. The Morgan fingerprint density at radius 1 is 1.03 bits per heavy atom. The number of carbonyl (C=O) groups is 3. The molecule has 0 radical (unpaired) electrons. The summed E-state index contributed by atoms with van der Waals surface area (Å²) in [6.07, 6.45) is -3.46. The molecule has 0 unspecified atom stereocenters. The van der Waals surface area contributed by atoms with Crippen molar-refractivity contribution < 1.29 is 32.3 Å². The first kappa shape index (κ1) is 23.3. The van der Waals surface area contributed by atoms with E-state index in [0.29, 0.717) is 34.3 Å². The summed E-state index contributed by atoms with van der Waals surface area (Å²) in [5, 5.41) is 3.12.